The molecule has 2 aliphatic rings. The van der Waals surface area contributed by atoms with Crippen molar-refractivity contribution < 1.29 is 9.59 Å². The van der Waals surface area contributed by atoms with Gasteiger partial charge in [-0.15, -0.1) is 11.3 Å². The van der Waals surface area contributed by atoms with Gasteiger partial charge in [0.05, 0.1) is 10.8 Å². The lowest BCUT2D eigenvalue weighted by Crippen LogP contribution is -2.55. The molecule has 2 fully saturated rings. The molecule has 4 nitrogen and oxygen atoms in total. The number of thiophene rings is 1. The number of carbonyl (C=O) groups excluding carboxylic acids is 2. The van der Waals surface area contributed by atoms with Crippen LogP contribution in [-0.4, -0.2) is 35.8 Å². The third-order valence-corrected chi connectivity index (χ3v) is 4.05. The highest BCUT2D eigenvalue weighted by Crippen LogP contribution is 2.24. The van der Waals surface area contributed by atoms with Crippen LogP contribution in [0.4, 0.5) is 0 Å². The van der Waals surface area contributed by atoms with Crippen molar-refractivity contribution in [3.8, 4) is 0 Å². The summed E-state index contributed by atoms with van der Waals surface area (Å²) >= 11 is 1.45. The van der Waals surface area contributed by atoms with Crippen LogP contribution < -0.4 is 5.32 Å². The fourth-order valence-corrected chi connectivity index (χ4v) is 2.60. The normalized spacial score (nSPS) is 19.9. The first-order chi connectivity index (χ1) is 8.24. The molecule has 90 valence electrons. The Hall–Kier alpha value is -1.36. The summed E-state index contributed by atoms with van der Waals surface area (Å²) in [5, 5.41) is 4.87. The monoisotopic (exact) mass is 250 g/mol. The molecule has 0 atom stereocenters. The van der Waals surface area contributed by atoms with Crippen molar-refractivity contribution in [3.63, 3.8) is 0 Å². The minimum Gasteiger partial charge on any atom is -0.353 e. The van der Waals surface area contributed by atoms with E-state index in [4.69, 9.17) is 0 Å². The number of nitrogens with one attached hydrogen (secondary N) is 1. The fraction of sp³-hybridized carbons (Fsp3) is 0.500. The number of rotatable bonds is 3. The number of hydrogen-bond acceptors (Lipinski definition) is 3. The van der Waals surface area contributed by atoms with Gasteiger partial charge in [-0.05, 0) is 24.3 Å². The largest absolute Gasteiger partial charge is 0.353 e. The topological polar surface area (TPSA) is 49.4 Å². The van der Waals surface area contributed by atoms with Crippen molar-refractivity contribution in [2.75, 3.05) is 13.1 Å². The smallest absolute Gasteiger partial charge is 0.263 e. The number of carbonyl (C=O) groups is 2. The first-order valence-electron chi connectivity index (χ1n) is 5.87. The van der Waals surface area contributed by atoms with Crippen LogP contribution >= 0.6 is 11.3 Å². The molecule has 3 rings (SSSR count). The van der Waals surface area contributed by atoms with Crippen molar-refractivity contribution in [3.05, 3.63) is 22.4 Å². The third kappa shape index (κ3) is 2.20. The van der Waals surface area contributed by atoms with E-state index in [1.165, 1.54) is 11.3 Å². The van der Waals surface area contributed by atoms with Crippen molar-refractivity contribution in [1.29, 1.82) is 0 Å². The minimum atomic E-state index is -0.000452. The van der Waals surface area contributed by atoms with Crippen LogP contribution in [0.5, 0.6) is 0 Å². The SMILES string of the molecule is O=C(NC1CC1)C1CN(C(=O)c2cccs2)C1. The first kappa shape index (κ1) is 10.8. The number of hydrogen-bond donors (Lipinski definition) is 1. The van der Waals surface area contributed by atoms with E-state index in [0.717, 1.165) is 17.7 Å². The predicted molar refractivity (Wildman–Crippen MR) is 64.9 cm³/mol. The minimum absolute atomic E-state index is 0.000452. The number of amides is 2. The maximum absolute atomic E-state index is 11.9. The van der Waals surface area contributed by atoms with Gasteiger partial charge >= 0.3 is 0 Å². The fourth-order valence-electron chi connectivity index (χ4n) is 1.91. The molecule has 0 bridgehead atoms. The molecule has 1 N–H and O–H groups in total. The lowest BCUT2D eigenvalue weighted by molar-refractivity contribution is -0.129. The van der Waals surface area contributed by atoms with Gasteiger partial charge < -0.3 is 10.2 Å². The van der Waals surface area contributed by atoms with Gasteiger partial charge in [-0.1, -0.05) is 6.07 Å². The van der Waals surface area contributed by atoms with E-state index in [1.54, 1.807) is 4.90 Å². The van der Waals surface area contributed by atoms with E-state index >= 15 is 0 Å². The highest BCUT2D eigenvalue weighted by molar-refractivity contribution is 7.12. The average molecular weight is 250 g/mol. The molecule has 2 heterocycles. The molecule has 1 aromatic rings. The molecule has 2 amide bonds. The Morgan fingerprint density at radius 1 is 1.35 bits per heavy atom. The van der Waals surface area contributed by atoms with E-state index in [1.807, 2.05) is 17.5 Å². The lowest BCUT2D eigenvalue weighted by Gasteiger charge is -2.37. The van der Waals surface area contributed by atoms with E-state index in [0.29, 0.717) is 19.1 Å². The van der Waals surface area contributed by atoms with E-state index in [-0.39, 0.29) is 17.7 Å². The molecule has 1 aromatic heterocycles. The molecule has 0 radical (unpaired) electrons. The molecule has 0 aromatic carbocycles. The highest BCUT2D eigenvalue weighted by atomic mass is 32.1. The van der Waals surface area contributed by atoms with E-state index in [9.17, 15) is 9.59 Å². The molecular formula is C12H14N2O2S. The Morgan fingerprint density at radius 3 is 2.71 bits per heavy atom. The summed E-state index contributed by atoms with van der Waals surface area (Å²) < 4.78 is 0. The molecule has 1 aliphatic carbocycles. The second kappa shape index (κ2) is 4.14. The maximum atomic E-state index is 11.9. The molecule has 1 saturated heterocycles. The Morgan fingerprint density at radius 2 is 2.12 bits per heavy atom. The molecule has 1 aliphatic heterocycles. The van der Waals surface area contributed by atoms with Crippen LogP contribution in [0.1, 0.15) is 22.5 Å². The zero-order valence-corrected chi connectivity index (χ0v) is 10.2. The second-order valence-electron chi connectivity index (χ2n) is 4.67. The van der Waals surface area contributed by atoms with Crippen LogP contribution in [0.25, 0.3) is 0 Å². The molecule has 5 heteroatoms. The molecule has 17 heavy (non-hydrogen) atoms. The Balaban J connectivity index is 1.50. The Labute approximate surface area is 104 Å². The zero-order chi connectivity index (χ0) is 11.8. The van der Waals surface area contributed by atoms with Crippen LogP contribution in [0.3, 0.4) is 0 Å². The summed E-state index contributed by atoms with van der Waals surface area (Å²) in [4.78, 5) is 26.1. The Kier molecular flexibility index (Phi) is 2.63. The van der Waals surface area contributed by atoms with Gasteiger partial charge in [0.2, 0.25) is 5.91 Å². The van der Waals surface area contributed by atoms with Crippen molar-refractivity contribution in [2.45, 2.75) is 18.9 Å². The van der Waals surface area contributed by atoms with Crippen LogP contribution in [0.2, 0.25) is 0 Å². The quantitative estimate of drug-likeness (QED) is 0.873. The van der Waals surface area contributed by atoms with Gasteiger partial charge in [0.1, 0.15) is 0 Å². The van der Waals surface area contributed by atoms with Gasteiger partial charge in [0, 0.05) is 19.1 Å². The summed E-state index contributed by atoms with van der Waals surface area (Å²) in [5.41, 5.74) is 0. The summed E-state index contributed by atoms with van der Waals surface area (Å²) in [6, 6.07) is 4.10. The number of nitrogens with zero attached hydrogens (tertiary/aromatic N) is 1. The molecule has 0 spiro atoms. The molecule has 1 saturated carbocycles. The lowest BCUT2D eigenvalue weighted by atomic mass is 9.99. The number of likely N-dealkylation sites (tertiary alicyclic amines) is 1. The standard InChI is InChI=1S/C12H14N2O2S/c15-11(13-9-3-4-9)8-6-14(7-8)12(16)10-2-1-5-17-10/h1-2,5,8-9H,3-4,6-7H2,(H,13,15). The van der Waals surface area contributed by atoms with E-state index < -0.39 is 0 Å². The Bertz CT molecular complexity index is 433. The molecular weight excluding hydrogens is 236 g/mol. The van der Waals surface area contributed by atoms with E-state index in [2.05, 4.69) is 5.32 Å². The summed E-state index contributed by atoms with van der Waals surface area (Å²) in [5.74, 6) is 0.165. The van der Waals surface area contributed by atoms with Crippen LogP contribution in [0.15, 0.2) is 17.5 Å². The summed E-state index contributed by atoms with van der Waals surface area (Å²) in [7, 11) is 0. The van der Waals surface area contributed by atoms with Gasteiger partial charge in [0.25, 0.3) is 5.91 Å². The molecule has 0 unspecified atom stereocenters. The van der Waals surface area contributed by atoms with Crippen molar-refractivity contribution in [1.82, 2.24) is 10.2 Å². The first-order valence-corrected chi connectivity index (χ1v) is 6.75. The maximum Gasteiger partial charge on any atom is 0.263 e. The highest BCUT2D eigenvalue weighted by Gasteiger charge is 2.38. The van der Waals surface area contributed by atoms with Crippen LogP contribution in [0, 0.1) is 5.92 Å². The average Bonchev–Trinajstić information content (AvgIpc) is 2.89. The van der Waals surface area contributed by atoms with Crippen molar-refractivity contribution in [2.24, 2.45) is 5.92 Å². The third-order valence-electron chi connectivity index (χ3n) is 3.20. The van der Waals surface area contributed by atoms with Crippen LogP contribution in [-0.2, 0) is 4.79 Å². The predicted octanol–water partition coefficient (Wildman–Crippen LogP) is 1.10. The van der Waals surface area contributed by atoms with Gasteiger partial charge in [-0.3, -0.25) is 9.59 Å². The summed E-state index contributed by atoms with van der Waals surface area (Å²) in [6.07, 6.45) is 2.21. The van der Waals surface area contributed by atoms with Crippen molar-refractivity contribution >= 4 is 23.2 Å². The second-order valence-corrected chi connectivity index (χ2v) is 5.61. The zero-order valence-electron chi connectivity index (χ0n) is 9.39. The van der Waals surface area contributed by atoms with Gasteiger partial charge in [0.15, 0.2) is 0 Å². The van der Waals surface area contributed by atoms with Gasteiger partial charge in [-0.2, -0.15) is 0 Å². The van der Waals surface area contributed by atoms with Gasteiger partial charge in [-0.25, -0.2) is 0 Å². The summed E-state index contributed by atoms with van der Waals surface area (Å²) in [6.45, 7) is 1.13.